The van der Waals surface area contributed by atoms with E-state index in [1.54, 1.807) is 17.0 Å². The molecule has 0 aromatic heterocycles. The van der Waals surface area contributed by atoms with E-state index in [1.165, 1.54) is 12.1 Å². The van der Waals surface area contributed by atoms with Gasteiger partial charge in [0.15, 0.2) is 0 Å². The van der Waals surface area contributed by atoms with Gasteiger partial charge in [0.25, 0.3) is 0 Å². The Morgan fingerprint density at radius 1 is 1.00 bits per heavy atom. The van der Waals surface area contributed by atoms with Gasteiger partial charge in [0, 0.05) is 30.4 Å². The van der Waals surface area contributed by atoms with Gasteiger partial charge < -0.3 is 15.5 Å². The molecule has 2 aromatic carbocycles. The number of hydrogen-bond donors (Lipinski definition) is 2. The highest BCUT2D eigenvalue weighted by Gasteiger charge is 2.30. The summed E-state index contributed by atoms with van der Waals surface area (Å²) in [5, 5.41) is 5.66. The number of nitrogens with zero attached hydrogens (tertiary/aromatic N) is 1. The molecule has 27 heavy (non-hydrogen) atoms. The first-order valence-corrected chi connectivity index (χ1v) is 9.20. The quantitative estimate of drug-likeness (QED) is 0.842. The normalized spacial score (nSPS) is 15.9. The molecule has 1 aliphatic rings. The number of nitrogens with one attached hydrogen (secondary N) is 2. The molecule has 1 aliphatic heterocycles. The molecular formula is C21H24FN3O2. The molecule has 1 atom stereocenters. The van der Waals surface area contributed by atoms with E-state index in [1.807, 2.05) is 37.3 Å². The zero-order valence-corrected chi connectivity index (χ0v) is 15.3. The maximum Gasteiger partial charge on any atom is 0.321 e. The number of benzene rings is 2. The average Bonchev–Trinajstić information content (AvgIpc) is 2.68. The third kappa shape index (κ3) is 5.06. The van der Waals surface area contributed by atoms with Crippen LogP contribution in [0.4, 0.5) is 20.6 Å². The molecule has 1 heterocycles. The second kappa shape index (κ2) is 8.66. The highest BCUT2D eigenvalue weighted by atomic mass is 19.1. The molecule has 3 amide bonds. The first-order chi connectivity index (χ1) is 13.0. The largest absolute Gasteiger partial charge is 0.326 e. The summed E-state index contributed by atoms with van der Waals surface area (Å²) in [7, 11) is 0. The van der Waals surface area contributed by atoms with Crippen LogP contribution >= 0.6 is 0 Å². The molecule has 0 bridgehead atoms. The fourth-order valence-corrected chi connectivity index (χ4v) is 3.36. The number of hydrogen-bond acceptors (Lipinski definition) is 2. The summed E-state index contributed by atoms with van der Waals surface area (Å²) < 4.78 is 13.3. The van der Waals surface area contributed by atoms with E-state index in [0.717, 1.165) is 18.5 Å². The minimum atomic E-state index is -0.377. The fraction of sp³-hybridized carbons (Fsp3) is 0.333. The number of rotatable bonds is 4. The molecule has 0 radical (unpaired) electrons. The van der Waals surface area contributed by atoms with Crippen molar-refractivity contribution in [1.82, 2.24) is 4.90 Å². The summed E-state index contributed by atoms with van der Waals surface area (Å²) in [6, 6.07) is 15.1. The Bertz CT molecular complexity index is 789. The first kappa shape index (κ1) is 18.9. The minimum Gasteiger partial charge on any atom is -0.326 e. The van der Waals surface area contributed by atoms with E-state index in [4.69, 9.17) is 0 Å². The molecule has 1 unspecified atom stereocenters. The molecule has 3 rings (SSSR count). The van der Waals surface area contributed by atoms with E-state index in [0.29, 0.717) is 18.8 Å². The molecule has 2 aromatic rings. The zero-order chi connectivity index (χ0) is 19.2. The van der Waals surface area contributed by atoms with Crippen LogP contribution in [-0.2, 0) is 4.79 Å². The predicted octanol–water partition coefficient (Wildman–Crippen LogP) is 4.34. The van der Waals surface area contributed by atoms with Crippen molar-refractivity contribution in [2.24, 2.45) is 11.8 Å². The third-order valence-electron chi connectivity index (χ3n) is 5.06. The van der Waals surface area contributed by atoms with E-state index >= 15 is 0 Å². The van der Waals surface area contributed by atoms with Gasteiger partial charge >= 0.3 is 6.03 Å². The molecule has 1 saturated heterocycles. The van der Waals surface area contributed by atoms with E-state index < -0.39 is 0 Å². The number of halogens is 1. The third-order valence-corrected chi connectivity index (χ3v) is 5.06. The van der Waals surface area contributed by atoms with Crippen molar-refractivity contribution in [3.8, 4) is 0 Å². The van der Waals surface area contributed by atoms with Gasteiger partial charge in [-0.1, -0.05) is 31.2 Å². The van der Waals surface area contributed by atoms with Crippen LogP contribution in [0.25, 0.3) is 0 Å². The van der Waals surface area contributed by atoms with Crippen LogP contribution in [0, 0.1) is 17.7 Å². The number of anilines is 2. The zero-order valence-electron chi connectivity index (χ0n) is 15.3. The molecule has 0 saturated carbocycles. The smallest absolute Gasteiger partial charge is 0.321 e. The van der Waals surface area contributed by atoms with Crippen molar-refractivity contribution in [3.05, 3.63) is 60.4 Å². The fourth-order valence-electron chi connectivity index (χ4n) is 3.36. The highest BCUT2D eigenvalue weighted by molar-refractivity contribution is 5.92. The number of para-hydroxylation sites is 1. The number of carbonyl (C=O) groups excluding carboxylic acids is 2. The highest BCUT2D eigenvalue weighted by Crippen LogP contribution is 2.26. The van der Waals surface area contributed by atoms with E-state index in [9.17, 15) is 14.0 Å². The van der Waals surface area contributed by atoms with E-state index in [2.05, 4.69) is 10.6 Å². The lowest BCUT2D eigenvalue weighted by Gasteiger charge is -2.34. The van der Waals surface area contributed by atoms with Gasteiger partial charge in [-0.3, -0.25) is 4.79 Å². The second-order valence-electron chi connectivity index (χ2n) is 6.91. The molecule has 2 N–H and O–H groups in total. The van der Waals surface area contributed by atoms with Crippen molar-refractivity contribution in [2.75, 3.05) is 23.7 Å². The first-order valence-electron chi connectivity index (χ1n) is 9.20. The maximum absolute atomic E-state index is 13.3. The van der Waals surface area contributed by atoms with Crippen LogP contribution in [0.15, 0.2) is 54.6 Å². The lowest BCUT2D eigenvalue weighted by Crippen LogP contribution is -2.43. The van der Waals surface area contributed by atoms with E-state index in [-0.39, 0.29) is 29.6 Å². The second-order valence-corrected chi connectivity index (χ2v) is 6.91. The van der Waals surface area contributed by atoms with Gasteiger partial charge in [-0.25, -0.2) is 9.18 Å². The summed E-state index contributed by atoms with van der Waals surface area (Å²) in [5.41, 5.74) is 1.24. The van der Waals surface area contributed by atoms with Gasteiger partial charge in [0.2, 0.25) is 5.91 Å². The van der Waals surface area contributed by atoms with Gasteiger partial charge in [-0.2, -0.15) is 0 Å². The van der Waals surface area contributed by atoms with Crippen molar-refractivity contribution in [2.45, 2.75) is 19.8 Å². The van der Waals surface area contributed by atoms with Crippen LogP contribution in [0.1, 0.15) is 19.8 Å². The summed E-state index contributed by atoms with van der Waals surface area (Å²) in [5.74, 6) is -0.502. The Morgan fingerprint density at radius 2 is 1.67 bits per heavy atom. The monoisotopic (exact) mass is 369 g/mol. The SMILES string of the molecule is CC(C(=O)Nc1cccc(F)c1)C1CCN(C(=O)Nc2ccccc2)CC1. The van der Waals surface area contributed by atoms with Gasteiger partial charge in [0.1, 0.15) is 5.82 Å². The average molecular weight is 369 g/mol. The predicted molar refractivity (Wildman–Crippen MR) is 104 cm³/mol. The standard InChI is InChI=1S/C21H24FN3O2/c1-15(20(26)23-19-9-5-6-17(22)14-19)16-10-12-25(13-11-16)21(27)24-18-7-3-2-4-8-18/h2-9,14-16H,10-13H2,1H3,(H,23,26)(H,24,27). The van der Waals surface area contributed by atoms with Crippen molar-refractivity contribution >= 4 is 23.3 Å². The Kier molecular flexibility index (Phi) is 6.06. The molecule has 1 fully saturated rings. The van der Waals surface area contributed by atoms with Gasteiger partial charge in [-0.05, 0) is 49.1 Å². The van der Waals surface area contributed by atoms with Crippen molar-refractivity contribution in [3.63, 3.8) is 0 Å². The topological polar surface area (TPSA) is 61.4 Å². The number of urea groups is 1. The molecule has 0 aliphatic carbocycles. The Labute approximate surface area is 158 Å². The molecule has 6 heteroatoms. The number of carbonyl (C=O) groups is 2. The Hall–Kier alpha value is -2.89. The lowest BCUT2D eigenvalue weighted by molar-refractivity contribution is -0.121. The van der Waals surface area contributed by atoms with Crippen LogP contribution in [-0.4, -0.2) is 29.9 Å². The molecule has 0 spiro atoms. The van der Waals surface area contributed by atoms with Crippen molar-refractivity contribution in [1.29, 1.82) is 0 Å². The molecule has 142 valence electrons. The van der Waals surface area contributed by atoms with Crippen LogP contribution in [0.2, 0.25) is 0 Å². The Balaban J connectivity index is 1.49. The van der Waals surface area contributed by atoms with Gasteiger partial charge in [-0.15, -0.1) is 0 Å². The number of piperidine rings is 1. The van der Waals surface area contributed by atoms with Crippen molar-refractivity contribution < 1.29 is 14.0 Å². The summed E-state index contributed by atoms with van der Waals surface area (Å²) >= 11 is 0. The molecule has 5 nitrogen and oxygen atoms in total. The Morgan fingerprint density at radius 3 is 2.33 bits per heavy atom. The summed E-state index contributed by atoms with van der Waals surface area (Å²) in [6.45, 7) is 3.11. The van der Waals surface area contributed by atoms with Gasteiger partial charge in [0.05, 0.1) is 0 Å². The van der Waals surface area contributed by atoms with Crippen LogP contribution < -0.4 is 10.6 Å². The minimum absolute atomic E-state index is 0.114. The van der Waals surface area contributed by atoms with Crippen LogP contribution in [0.5, 0.6) is 0 Å². The number of likely N-dealkylation sites (tertiary alicyclic amines) is 1. The summed E-state index contributed by atoms with van der Waals surface area (Å²) in [6.07, 6.45) is 1.53. The summed E-state index contributed by atoms with van der Waals surface area (Å²) in [4.78, 5) is 26.6. The lowest BCUT2D eigenvalue weighted by atomic mass is 9.85. The molecular weight excluding hydrogens is 345 g/mol. The number of amides is 3. The van der Waals surface area contributed by atoms with Crippen LogP contribution in [0.3, 0.4) is 0 Å². The maximum atomic E-state index is 13.3.